The first-order valence-corrected chi connectivity index (χ1v) is 11.9. The van der Waals surface area contributed by atoms with Crippen LogP contribution in [0.4, 0.5) is 5.69 Å². The molecular formula is C29H23NO6. The Bertz CT molecular complexity index is 1390. The molecule has 3 aromatic rings. The summed E-state index contributed by atoms with van der Waals surface area (Å²) in [7, 11) is 0. The number of carbonyl (C=O) groups is 4. The van der Waals surface area contributed by atoms with E-state index in [1.54, 1.807) is 60.7 Å². The second kappa shape index (κ2) is 7.96. The Morgan fingerprint density at radius 2 is 1.44 bits per heavy atom. The normalized spacial score (nSPS) is 23.9. The van der Waals surface area contributed by atoms with E-state index in [4.69, 9.17) is 9.47 Å². The lowest BCUT2D eigenvalue weighted by Crippen LogP contribution is -2.51. The predicted octanol–water partition coefficient (Wildman–Crippen LogP) is 4.09. The summed E-state index contributed by atoms with van der Waals surface area (Å²) in [5.74, 6) is -3.88. The molecule has 2 fully saturated rings. The number of ether oxygens (including phenoxy) is 2. The van der Waals surface area contributed by atoms with Crippen molar-refractivity contribution in [2.45, 2.75) is 25.6 Å². The number of Topliss-reactive ketones (excluding diaryl/α,β-unsaturated/α-hetero) is 2. The number of hydrogen-bond donors (Lipinski definition) is 0. The Hall–Kier alpha value is -4.10. The van der Waals surface area contributed by atoms with Gasteiger partial charge >= 0.3 is 0 Å². The number of anilines is 1. The molecule has 0 radical (unpaired) electrons. The summed E-state index contributed by atoms with van der Waals surface area (Å²) in [6.45, 7) is 4.27. The first-order valence-electron chi connectivity index (χ1n) is 11.9. The Kier molecular flexibility index (Phi) is 4.95. The largest absolute Gasteiger partial charge is 0.494 e. The number of ketones is 2. The van der Waals surface area contributed by atoms with Crippen molar-refractivity contribution in [3.8, 4) is 5.75 Å². The third-order valence-electron chi connectivity index (χ3n) is 7.33. The Morgan fingerprint density at radius 3 is 2.03 bits per heavy atom. The Balaban J connectivity index is 1.50. The number of aryl methyl sites for hydroxylation is 1. The molecule has 3 aliphatic rings. The Morgan fingerprint density at radius 1 is 0.833 bits per heavy atom. The van der Waals surface area contributed by atoms with Crippen LogP contribution in [0, 0.1) is 18.8 Å². The first-order chi connectivity index (χ1) is 17.4. The molecule has 0 N–H and O–H groups in total. The SMILES string of the molecule is CCOc1ccc([C@@H]2OC3(C(=O)c4ccccc4C3=O)[C@H]3C(=O)N(c4ccc(C)cc4)C(=O)[C@H]23)cc1. The van der Waals surface area contributed by atoms with Crippen LogP contribution in [0.25, 0.3) is 0 Å². The predicted molar refractivity (Wildman–Crippen MR) is 130 cm³/mol. The van der Waals surface area contributed by atoms with Crippen molar-refractivity contribution in [2.75, 3.05) is 11.5 Å². The molecule has 2 heterocycles. The van der Waals surface area contributed by atoms with Crippen molar-refractivity contribution in [3.63, 3.8) is 0 Å². The van der Waals surface area contributed by atoms with E-state index in [9.17, 15) is 19.2 Å². The highest BCUT2D eigenvalue weighted by atomic mass is 16.5. The molecule has 36 heavy (non-hydrogen) atoms. The lowest BCUT2D eigenvalue weighted by molar-refractivity contribution is -0.127. The van der Waals surface area contributed by atoms with Crippen LogP contribution in [0.3, 0.4) is 0 Å². The van der Waals surface area contributed by atoms with Gasteiger partial charge in [0.15, 0.2) is 0 Å². The van der Waals surface area contributed by atoms with E-state index >= 15 is 0 Å². The van der Waals surface area contributed by atoms with Gasteiger partial charge in [0.25, 0.3) is 0 Å². The summed E-state index contributed by atoms with van der Waals surface area (Å²) < 4.78 is 11.8. The molecule has 7 nitrogen and oxygen atoms in total. The van der Waals surface area contributed by atoms with Gasteiger partial charge in [-0.2, -0.15) is 0 Å². The number of carbonyl (C=O) groups excluding carboxylic acids is 4. The molecule has 0 aromatic heterocycles. The summed E-state index contributed by atoms with van der Waals surface area (Å²) in [5, 5.41) is 0. The van der Waals surface area contributed by atoms with Crippen LogP contribution < -0.4 is 9.64 Å². The van der Waals surface area contributed by atoms with Gasteiger partial charge < -0.3 is 9.47 Å². The van der Waals surface area contributed by atoms with Crippen molar-refractivity contribution >= 4 is 29.1 Å². The van der Waals surface area contributed by atoms with Crippen LogP contribution in [0.15, 0.2) is 72.8 Å². The zero-order valence-corrected chi connectivity index (χ0v) is 19.8. The van der Waals surface area contributed by atoms with E-state index in [1.807, 2.05) is 26.0 Å². The number of benzene rings is 3. The van der Waals surface area contributed by atoms with Crippen molar-refractivity contribution in [1.82, 2.24) is 0 Å². The molecule has 0 unspecified atom stereocenters. The molecule has 6 rings (SSSR count). The van der Waals surface area contributed by atoms with Crippen LogP contribution >= 0.6 is 0 Å². The molecule has 7 heteroatoms. The van der Waals surface area contributed by atoms with Crippen LogP contribution in [0.5, 0.6) is 5.75 Å². The van der Waals surface area contributed by atoms with E-state index < -0.39 is 46.9 Å². The smallest absolute Gasteiger partial charge is 0.241 e. The average molecular weight is 482 g/mol. The summed E-state index contributed by atoms with van der Waals surface area (Å²) in [5.41, 5.74) is 0.311. The minimum atomic E-state index is -2.08. The molecule has 2 amide bonds. The van der Waals surface area contributed by atoms with E-state index in [-0.39, 0.29) is 11.1 Å². The second-order valence-electron chi connectivity index (χ2n) is 9.33. The minimum Gasteiger partial charge on any atom is -0.494 e. The molecule has 180 valence electrons. The second-order valence-corrected chi connectivity index (χ2v) is 9.33. The van der Waals surface area contributed by atoms with Crippen molar-refractivity contribution in [3.05, 3.63) is 95.1 Å². The minimum absolute atomic E-state index is 0.211. The van der Waals surface area contributed by atoms with Gasteiger partial charge in [-0.25, -0.2) is 4.90 Å². The molecule has 3 atom stereocenters. The van der Waals surface area contributed by atoms with Crippen LogP contribution in [-0.4, -0.2) is 35.6 Å². The zero-order valence-electron chi connectivity index (χ0n) is 19.8. The third-order valence-corrected chi connectivity index (χ3v) is 7.33. The highest BCUT2D eigenvalue weighted by molar-refractivity contribution is 6.37. The number of hydrogen-bond acceptors (Lipinski definition) is 6. The topological polar surface area (TPSA) is 90.0 Å². The lowest BCUT2D eigenvalue weighted by Gasteiger charge is -2.27. The fourth-order valence-corrected chi connectivity index (χ4v) is 5.69. The fourth-order valence-electron chi connectivity index (χ4n) is 5.69. The molecule has 0 saturated carbocycles. The summed E-state index contributed by atoms with van der Waals surface area (Å²) in [6, 6.07) is 20.4. The zero-order chi connectivity index (χ0) is 25.2. The standard InChI is InChI=1S/C29H23NO6/c1-3-35-19-14-10-17(11-15-19)24-22-23(28(34)30(27(22)33)18-12-8-16(2)9-13-18)29(36-24)25(31)20-6-4-5-7-21(20)26(29)32/h4-15,22-24H,3H2,1-2H3/t22-,23+,24-/m0/s1. The van der Waals surface area contributed by atoms with Gasteiger partial charge in [0, 0.05) is 11.1 Å². The van der Waals surface area contributed by atoms with Gasteiger partial charge in [-0.1, -0.05) is 54.1 Å². The molecule has 0 bridgehead atoms. The van der Waals surface area contributed by atoms with Gasteiger partial charge in [0.2, 0.25) is 29.0 Å². The summed E-state index contributed by atoms with van der Waals surface area (Å²) >= 11 is 0. The molecule has 3 aromatic carbocycles. The van der Waals surface area contributed by atoms with Gasteiger partial charge in [-0.3, -0.25) is 19.2 Å². The van der Waals surface area contributed by atoms with E-state index in [1.165, 1.54) is 0 Å². The van der Waals surface area contributed by atoms with E-state index in [0.29, 0.717) is 23.6 Å². The van der Waals surface area contributed by atoms with Crippen LogP contribution in [0.1, 0.15) is 44.9 Å². The van der Waals surface area contributed by atoms with Crippen molar-refractivity contribution in [2.24, 2.45) is 11.8 Å². The van der Waals surface area contributed by atoms with Gasteiger partial charge in [0.1, 0.15) is 5.75 Å². The molecule has 2 saturated heterocycles. The maximum absolute atomic E-state index is 13.9. The molecule has 1 spiro atoms. The maximum atomic E-state index is 13.9. The first kappa shape index (κ1) is 22.4. The van der Waals surface area contributed by atoms with Gasteiger partial charge in [0.05, 0.1) is 30.2 Å². The van der Waals surface area contributed by atoms with Gasteiger partial charge in [-0.05, 0) is 43.7 Å². The van der Waals surface area contributed by atoms with Gasteiger partial charge in [-0.15, -0.1) is 0 Å². The number of fused-ring (bicyclic) bond motifs is 3. The molecule has 2 aliphatic heterocycles. The van der Waals surface area contributed by atoms with E-state index in [0.717, 1.165) is 10.5 Å². The highest BCUT2D eigenvalue weighted by Gasteiger charge is 2.74. The molecular weight excluding hydrogens is 458 g/mol. The van der Waals surface area contributed by atoms with Crippen molar-refractivity contribution in [1.29, 1.82) is 0 Å². The monoisotopic (exact) mass is 481 g/mol. The number of nitrogens with zero attached hydrogens (tertiary/aromatic N) is 1. The lowest BCUT2D eigenvalue weighted by atomic mass is 9.77. The number of amides is 2. The van der Waals surface area contributed by atoms with E-state index in [2.05, 4.69) is 0 Å². The fraction of sp³-hybridized carbons (Fsp3) is 0.241. The third kappa shape index (κ3) is 2.89. The number of rotatable bonds is 4. The number of imide groups is 1. The highest BCUT2D eigenvalue weighted by Crippen LogP contribution is 2.57. The average Bonchev–Trinajstić information content (AvgIpc) is 3.45. The quantitative estimate of drug-likeness (QED) is 0.412. The molecule has 1 aliphatic carbocycles. The Labute approximate surface area is 207 Å². The summed E-state index contributed by atoms with van der Waals surface area (Å²) in [6.07, 6.45) is -0.959. The van der Waals surface area contributed by atoms with Crippen LogP contribution in [-0.2, 0) is 14.3 Å². The summed E-state index contributed by atoms with van der Waals surface area (Å²) in [4.78, 5) is 56.4. The van der Waals surface area contributed by atoms with Crippen molar-refractivity contribution < 1.29 is 28.7 Å². The maximum Gasteiger partial charge on any atom is 0.241 e. The van der Waals surface area contributed by atoms with Crippen LogP contribution in [0.2, 0.25) is 0 Å².